The minimum Gasteiger partial charge on any atom is -0.309 e. The van der Waals surface area contributed by atoms with Gasteiger partial charge in [0.15, 0.2) is 5.01 Å². The zero-order valence-electron chi connectivity index (χ0n) is 11.4. The monoisotopic (exact) mass is 324 g/mol. The summed E-state index contributed by atoms with van der Waals surface area (Å²) in [7, 11) is 0. The first-order chi connectivity index (χ1) is 9.50. The Labute approximate surface area is 125 Å². The minimum absolute atomic E-state index is 0.00157. The van der Waals surface area contributed by atoms with Crippen LogP contribution in [0.1, 0.15) is 42.1 Å². The van der Waals surface area contributed by atoms with E-state index in [1.54, 1.807) is 0 Å². The molecule has 1 aromatic heterocycles. The molecule has 7 heteroatoms. The first-order valence-corrected chi connectivity index (χ1v) is 8.82. The molecule has 1 unspecified atom stereocenters. The lowest BCUT2D eigenvalue weighted by atomic mass is 9.94. The standard InChI is InChI=1S/C13H19F3N2S2/c1-2-17-10(7-9-3-5-19-6-4-9)11-8-18-12(20-11)13(14,15)16/h8-10,17H,2-7H2,1H3. The highest BCUT2D eigenvalue weighted by Crippen LogP contribution is 2.37. The van der Waals surface area contributed by atoms with Crippen molar-refractivity contribution in [3.8, 4) is 0 Å². The van der Waals surface area contributed by atoms with Crippen molar-refractivity contribution >= 4 is 23.1 Å². The molecule has 1 N–H and O–H groups in total. The van der Waals surface area contributed by atoms with Crippen molar-refractivity contribution in [1.29, 1.82) is 0 Å². The van der Waals surface area contributed by atoms with Gasteiger partial charge in [-0.3, -0.25) is 0 Å². The first kappa shape index (κ1) is 16.1. The van der Waals surface area contributed by atoms with E-state index in [1.807, 2.05) is 18.7 Å². The van der Waals surface area contributed by atoms with Crippen LogP contribution in [0.15, 0.2) is 6.20 Å². The fraction of sp³-hybridized carbons (Fsp3) is 0.769. The number of aromatic nitrogens is 1. The molecule has 2 nitrogen and oxygen atoms in total. The summed E-state index contributed by atoms with van der Waals surface area (Å²) in [4.78, 5) is 4.24. The Balaban J connectivity index is 2.05. The predicted octanol–water partition coefficient (Wildman–Crippen LogP) is 4.35. The summed E-state index contributed by atoms with van der Waals surface area (Å²) in [6.07, 6.45) is 0.294. The van der Waals surface area contributed by atoms with Crippen LogP contribution in [-0.2, 0) is 6.18 Å². The number of nitrogens with zero attached hydrogens (tertiary/aromatic N) is 1. The van der Waals surface area contributed by atoms with E-state index in [2.05, 4.69) is 10.3 Å². The molecule has 1 atom stereocenters. The van der Waals surface area contributed by atoms with Gasteiger partial charge in [-0.2, -0.15) is 24.9 Å². The molecule has 2 rings (SSSR count). The number of thiazole rings is 1. The highest BCUT2D eigenvalue weighted by molar-refractivity contribution is 7.99. The number of halogens is 3. The Morgan fingerprint density at radius 2 is 2.10 bits per heavy atom. The molecular weight excluding hydrogens is 305 g/mol. The van der Waals surface area contributed by atoms with Gasteiger partial charge < -0.3 is 5.32 Å². The molecule has 0 bridgehead atoms. The van der Waals surface area contributed by atoms with E-state index in [9.17, 15) is 13.2 Å². The second-order valence-corrected chi connectivity index (χ2v) is 7.25. The van der Waals surface area contributed by atoms with Crippen molar-refractivity contribution in [2.75, 3.05) is 18.1 Å². The van der Waals surface area contributed by atoms with E-state index in [4.69, 9.17) is 0 Å². The highest BCUT2D eigenvalue weighted by atomic mass is 32.2. The Morgan fingerprint density at radius 1 is 1.40 bits per heavy atom. The van der Waals surface area contributed by atoms with Gasteiger partial charge in [0.25, 0.3) is 0 Å². The van der Waals surface area contributed by atoms with Crippen LogP contribution >= 0.6 is 23.1 Å². The van der Waals surface area contributed by atoms with Crippen LogP contribution < -0.4 is 5.32 Å². The van der Waals surface area contributed by atoms with Crippen LogP contribution in [0.3, 0.4) is 0 Å². The van der Waals surface area contributed by atoms with Gasteiger partial charge in [-0.1, -0.05) is 6.92 Å². The number of nitrogens with one attached hydrogen (secondary N) is 1. The van der Waals surface area contributed by atoms with Gasteiger partial charge >= 0.3 is 6.18 Å². The van der Waals surface area contributed by atoms with Crippen LogP contribution in [0.2, 0.25) is 0 Å². The largest absolute Gasteiger partial charge is 0.443 e. The topological polar surface area (TPSA) is 24.9 Å². The summed E-state index contributed by atoms with van der Waals surface area (Å²) in [6.45, 7) is 2.74. The van der Waals surface area contributed by atoms with Crippen molar-refractivity contribution in [1.82, 2.24) is 10.3 Å². The average molecular weight is 324 g/mol. The molecule has 1 saturated heterocycles. The van der Waals surface area contributed by atoms with E-state index >= 15 is 0 Å². The van der Waals surface area contributed by atoms with Gasteiger partial charge in [-0.15, -0.1) is 11.3 Å². The van der Waals surface area contributed by atoms with Crippen LogP contribution in [-0.4, -0.2) is 23.0 Å². The molecule has 1 aromatic rings. The zero-order chi connectivity index (χ0) is 14.6. The number of thioether (sulfide) groups is 1. The molecule has 1 fully saturated rings. The zero-order valence-corrected chi connectivity index (χ0v) is 13.0. The van der Waals surface area contributed by atoms with Crippen LogP contribution in [0.25, 0.3) is 0 Å². The molecular formula is C13H19F3N2S2. The summed E-state index contributed by atoms with van der Waals surface area (Å²) in [5.41, 5.74) is 0. The molecule has 0 aliphatic carbocycles. The van der Waals surface area contributed by atoms with Gasteiger partial charge in [0, 0.05) is 17.1 Å². The summed E-state index contributed by atoms with van der Waals surface area (Å²) in [5.74, 6) is 2.94. The van der Waals surface area contributed by atoms with E-state index in [0.717, 1.165) is 37.1 Å². The normalized spacial score (nSPS) is 19.2. The van der Waals surface area contributed by atoms with Crippen LogP contribution in [0, 0.1) is 5.92 Å². The molecule has 1 aliphatic heterocycles. The highest BCUT2D eigenvalue weighted by Gasteiger charge is 2.35. The van der Waals surface area contributed by atoms with E-state index < -0.39 is 11.2 Å². The van der Waals surface area contributed by atoms with Crippen LogP contribution in [0.5, 0.6) is 0 Å². The van der Waals surface area contributed by atoms with E-state index in [-0.39, 0.29) is 6.04 Å². The van der Waals surface area contributed by atoms with Crippen LogP contribution in [0.4, 0.5) is 13.2 Å². The SMILES string of the molecule is CCNC(CC1CCSCC1)c1cnc(C(F)(F)F)s1. The van der Waals surface area contributed by atoms with Gasteiger partial charge in [0.1, 0.15) is 0 Å². The maximum Gasteiger partial charge on any atom is 0.443 e. The predicted molar refractivity (Wildman–Crippen MR) is 78.2 cm³/mol. The van der Waals surface area contributed by atoms with Gasteiger partial charge in [0.2, 0.25) is 0 Å². The molecule has 1 aliphatic rings. The quantitative estimate of drug-likeness (QED) is 0.872. The molecule has 114 valence electrons. The van der Waals surface area contributed by atoms with Crippen molar-refractivity contribution in [3.63, 3.8) is 0 Å². The smallest absolute Gasteiger partial charge is 0.309 e. The maximum absolute atomic E-state index is 12.6. The Hall–Kier alpha value is -0.270. The van der Waals surface area contributed by atoms with E-state index in [1.165, 1.54) is 17.7 Å². The van der Waals surface area contributed by atoms with Crippen molar-refractivity contribution in [2.45, 2.75) is 38.4 Å². The Kier molecular flexibility index (Phi) is 5.74. The molecule has 0 radical (unpaired) electrons. The summed E-state index contributed by atoms with van der Waals surface area (Å²) in [6, 6.07) is 0.00157. The second-order valence-electron chi connectivity index (χ2n) is 4.97. The lowest BCUT2D eigenvalue weighted by molar-refractivity contribution is -0.137. The molecule has 0 spiro atoms. The minimum atomic E-state index is -4.33. The number of alkyl halides is 3. The fourth-order valence-corrected chi connectivity index (χ4v) is 4.52. The van der Waals surface area contributed by atoms with Gasteiger partial charge in [-0.05, 0) is 43.2 Å². The Morgan fingerprint density at radius 3 is 2.65 bits per heavy atom. The fourth-order valence-electron chi connectivity index (χ4n) is 2.44. The average Bonchev–Trinajstić information content (AvgIpc) is 2.89. The third kappa shape index (κ3) is 4.36. The summed E-state index contributed by atoms with van der Waals surface area (Å²) in [5, 5.41) is 2.57. The third-order valence-corrected chi connectivity index (χ3v) is 5.67. The molecule has 0 aromatic carbocycles. The van der Waals surface area contributed by atoms with E-state index in [0.29, 0.717) is 10.8 Å². The molecule has 2 heterocycles. The molecule has 20 heavy (non-hydrogen) atoms. The van der Waals surface area contributed by atoms with Gasteiger partial charge in [-0.25, -0.2) is 4.98 Å². The van der Waals surface area contributed by atoms with Crippen molar-refractivity contribution in [2.24, 2.45) is 5.92 Å². The summed E-state index contributed by atoms with van der Waals surface area (Å²) < 4.78 is 37.9. The lowest BCUT2D eigenvalue weighted by Crippen LogP contribution is -2.24. The molecule has 0 saturated carbocycles. The number of hydrogen-bond acceptors (Lipinski definition) is 4. The Bertz CT molecular complexity index is 414. The number of rotatable bonds is 5. The second kappa shape index (κ2) is 7.13. The number of hydrogen-bond donors (Lipinski definition) is 1. The third-order valence-electron chi connectivity index (χ3n) is 3.47. The lowest BCUT2D eigenvalue weighted by Gasteiger charge is -2.26. The van der Waals surface area contributed by atoms with Crippen molar-refractivity contribution in [3.05, 3.63) is 16.1 Å². The maximum atomic E-state index is 12.6. The summed E-state index contributed by atoms with van der Waals surface area (Å²) >= 11 is 2.74. The first-order valence-electron chi connectivity index (χ1n) is 6.84. The van der Waals surface area contributed by atoms with Gasteiger partial charge in [0.05, 0.1) is 0 Å². The molecule has 0 amide bonds. The van der Waals surface area contributed by atoms with Crippen molar-refractivity contribution < 1.29 is 13.2 Å².